The molecule has 0 radical (unpaired) electrons. The van der Waals surface area contributed by atoms with Crippen LogP contribution in [0.1, 0.15) is 22.5 Å². The van der Waals surface area contributed by atoms with Crippen LogP contribution < -0.4 is 0 Å². The van der Waals surface area contributed by atoms with E-state index in [1.54, 1.807) is 18.2 Å². The molecule has 0 saturated heterocycles. The molecular weight excluding hydrogens is 250 g/mol. The van der Waals surface area contributed by atoms with Gasteiger partial charge in [-0.1, -0.05) is 17.3 Å². The predicted molar refractivity (Wildman–Crippen MR) is 64.3 cm³/mol. The first-order valence-electron chi connectivity index (χ1n) is 5.53. The molecule has 0 saturated carbocycles. The number of aryl methyl sites for hydroxylation is 1. The van der Waals surface area contributed by atoms with Gasteiger partial charge < -0.3 is 10.2 Å². The van der Waals surface area contributed by atoms with Crippen molar-refractivity contribution < 1.29 is 19.8 Å². The Labute approximate surface area is 108 Å². The minimum Gasteiger partial charge on any atom is -0.481 e. The van der Waals surface area contributed by atoms with Crippen molar-refractivity contribution in [3.63, 3.8) is 0 Å². The van der Waals surface area contributed by atoms with Crippen LogP contribution in [0.4, 0.5) is 0 Å². The zero-order valence-electron chi connectivity index (χ0n) is 9.85. The number of aromatic carboxylic acids is 1. The third-order valence-corrected chi connectivity index (χ3v) is 2.52. The van der Waals surface area contributed by atoms with Gasteiger partial charge in [0.1, 0.15) is 0 Å². The van der Waals surface area contributed by atoms with Gasteiger partial charge in [0.15, 0.2) is 0 Å². The minimum absolute atomic E-state index is 0.0424. The average molecular weight is 261 g/mol. The van der Waals surface area contributed by atoms with E-state index in [4.69, 9.17) is 10.2 Å². The van der Waals surface area contributed by atoms with Crippen molar-refractivity contribution in [2.24, 2.45) is 0 Å². The summed E-state index contributed by atoms with van der Waals surface area (Å²) in [4.78, 5) is 21.5. The molecule has 7 heteroatoms. The van der Waals surface area contributed by atoms with Crippen LogP contribution in [0, 0.1) is 0 Å². The lowest BCUT2D eigenvalue weighted by Crippen LogP contribution is -2.05. The Morgan fingerprint density at radius 3 is 2.63 bits per heavy atom. The Balaban J connectivity index is 2.28. The lowest BCUT2D eigenvalue weighted by atomic mass is 10.2. The summed E-state index contributed by atoms with van der Waals surface area (Å²) < 4.78 is 1.33. The van der Waals surface area contributed by atoms with Gasteiger partial charge in [-0.05, 0) is 12.1 Å². The number of hydrogen-bond donors (Lipinski definition) is 2. The largest absolute Gasteiger partial charge is 0.481 e. The van der Waals surface area contributed by atoms with Crippen molar-refractivity contribution in [2.45, 2.75) is 12.8 Å². The van der Waals surface area contributed by atoms with E-state index >= 15 is 0 Å². The lowest BCUT2D eigenvalue weighted by Gasteiger charge is -2.03. The topological polar surface area (TPSA) is 105 Å². The number of aromatic nitrogens is 3. The molecule has 0 atom stereocenters. The first-order chi connectivity index (χ1) is 9.08. The molecule has 0 spiro atoms. The Morgan fingerprint density at radius 2 is 1.95 bits per heavy atom. The van der Waals surface area contributed by atoms with Crippen LogP contribution in [0.2, 0.25) is 0 Å². The molecule has 2 aromatic rings. The van der Waals surface area contributed by atoms with Crippen LogP contribution in [0.25, 0.3) is 5.69 Å². The number of hydrogen-bond acceptors (Lipinski definition) is 4. The fourth-order valence-electron chi connectivity index (χ4n) is 1.62. The molecule has 1 heterocycles. The third kappa shape index (κ3) is 2.95. The fraction of sp³-hybridized carbons (Fsp3) is 0.167. The van der Waals surface area contributed by atoms with E-state index in [9.17, 15) is 9.59 Å². The molecule has 0 aliphatic rings. The second-order valence-corrected chi connectivity index (χ2v) is 3.87. The molecule has 1 aromatic heterocycles. The maximum atomic E-state index is 11.1. The zero-order valence-corrected chi connectivity index (χ0v) is 9.85. The first kappa shape index (κ1) is 12.7. The third-order valence-electron chi connectivity index (χ3n) is 2.52. The van der Waals surface area contributed by atoms with E-state index in [-0.39, 0.29) is 18.4 Å². The van der Waals surface area contributed by atoms with Crippen molar-refractivity contribution in [1.29, 1.82) is 0 Å². The SMILES string of the molecule is O=C(O)CCc1cn(-c2ccccc2C(=O)O)nn1. The number of carbonyl (C=O) groups is 2. The first-order valence-corrected chi connectivity index (χ1v) is 5.53. The van der Waals surface area contributed by atoms with Gasteiger partial charge in [-0.3, -0.25) is 4.79 Å². The highest BCUT2D eigenvalue weighted by Crippen LogP contribution is 2.14. The Kier molecular flexibility index (Phi) is 3.56. The Morgan fingerprint density at radius 1 is 1.21 bits per heavy atom. The van der Waals surface area contributed by atoms with Crippen molar-refractivity contribution in [2.75, 3.05) is 0 Å². The number of para-hydroxylation sites is 1. The molecule has 0 bridgehead atoms. The van der Waals surface area contributed by atoms with Gasteiger partial charge in [0.2, 0.25) is 0 Å². The summed E-state index contributed by atoms with van der Waals surface area (Å²) >= 11 is 0. The number of aliphatic carboxylic acids is 1. The zero-order chi connectivity index (χ0) is 13.8. The Hall–Kier alpha value is -2.70. The molecule has 2 rings (SSSR count). The second-order valence-electron chi connectivity index (χ2n) is 3.87. The smallest absolute Gasteiger partial charge is 0.337 e. The lowest BCUT2D eigenvalue weighted by molar-refractivity contribution is -0.136. The summed E-state index contributed by atoms with van der Waals surface area (Å²) in [6.07, 6.45) is 1.74. The van der Waals surface area contributed by atoms with Crippen molar-refractivity contribution in [1.82, 2.24) is 15.0 Å². The van der Waals surface area contributed by atoms with Gasteiger partial charge >= 0.3 is 11.9 Å². The average Bonchev–Trinajstić information content (AvgIpc) is 2.85. The van der Waals surface area contributed by atoms with Crippen molar-refractivity contribution in [3.8, 4) is 5.69 Å². The number of carboxylic acid groups (broad SMARTS) is 2. The number of rotatable bonds is 5. The van der Waals surface area contributed by atoms with Gasteiger partial charge in [-0.15, -0.1) is 5.10 Å². The summed E-state index contributed by atoms with van der Waals surface area (Å²) in [6, 6.07) is 6.39. The van der Waals surface area contributed by atoms with Gasteiger partial charge in [-0.2, -0.15) is 0 Å². The minimum atomic E-state index is -1.06. The maximum Gasteiger partial charge on any atom is 0.337 e. The molecule has 0 unspecified atom stereocenters. The van der Waals surface area contributed by atoms with E-state index in [0.29, 0.717) is 11.4 Å². The van der Waals surface area contributed by atoms with Crippen molar-refractivity contribution >= 4 is 11.9 Å². The maximum absolute atomic E-state index is 11.1. The molecule has 2 N–H and O–H groups in total. The van der Waals surface area contributed by atoms with E-state index in [2.05, 4.69) is 10.3 Å². The predicted octanol–water partition coefficient (Wildman–Crippen LogP) is 0.983. The van der Waals surface area contributed by atoms with Gasteiger partial charge in [0.25, 0.3) is 0 Å². The standard InChI is InChI=1S/C12H11N3O4/c16-11(17)6-5-8-7-15(14-13-8)10-4-2-1-3-9(10)12(18)19/h1-4,7H,5-6H2,(H,16,17)(H,18,19). The highest BCUT2D eigenvalue weighted by atomic mass is 16.4. The van der Waals surface area contributed by atoms with Crippen LogP contribution in [0.15, 0.2) is 30.5 Å². The van der Waals surface area contributed by atoms with E-state index in [1.165, 1.54) is 16.9 Å². The highest BCUT2D eigenvalue weighted by Gasteiger charge is 2.12. The van der Waals surface area contributed by atoms with Crippen LogP contribution >= 0.6 is 0 Å². The molecule has 98 valence electrons. The summed E-state index contributed by atoms with van der Waals surface area (Å²) in [5.74, 6) is -1.97. The van der Waals surface area contributed by atoms with Crippen LogP contribution in [0.3, 0.4) is 0 Å². The summed E-state index contributed by atoms with van der Waals surface area (Å²) in [7, 11) is 0. The number of nitrogens with zero attached hydrogens (tertiary/aromatic N) is 3. The molecule has 1 aromatic carbocycles. The highest BCUT2D eigenvalue weighted by molar-refractivity contribution is 5.91. The van der Waals surface area contributed by atoms with Gasteiger partial charge in [-0.25, -0.2) is 9.48 Å². The van der Waals surface area contributed by atoms with E-state index < -0.39 is 11.9 Å². The fourth-order valence-corrected chi connectivity index (χ4v) is 1.62. The molecule has 7 nitrogen and oxygen atoms in total. The van der Waals surface area contributed by atoms with Gasteiger partial charge in [0.05, 0.1) is 29.6 Å². The normalized spacial score (nSPS) is 10.3. The molecule has 0 amide bonds. The molecule has 0 fully saturated rings. The van der Waals surface area contributed by atoms with Crippen LogP contribution in [-0.2, 0) is 11.2 Å². The van der Waals surface area contributed by atoms with Crippen LogP contribution in [-0.4, -0.2) is 37.1 Å². The monoisotopic (exact) mass is 261 g/mol. The van der Waals surface area contributed by atoms with Gasteiger partial charge in [0, 0.05) is 6.42 Å². The molecule has 0 aliphatic heterocycles. The molecular formula is C12H11N3O4. The second kappa shape index (κ2) is 5.30. The molecule has 0 aliphatic carbocycles. The van der Waals surface area contributed by atoms with E-state index in [0.717, 1.165) is 0 Å². The summed E-state index contributed by atoms with van der Waals surface area (Å²) in [6.45, 7) is 0. The Bertz CT molecular complexity index is 621. The van der Waals surface area contributed by atoms with Crippen molar-refractivity contribution in [3.05, 3.63) is 41.7 Å². The summed E-state index contributed by atoms with van der Waals surface area (Å²) in [5, 5.41) is 25.3. The van der Waals surface area contributed by atoms with Crippen LogP contribution in [0.5, 0.6) is 0 Å². The number of carboxylic acids is 2. The molecule has 19 heavy (non-hydrogen) atoms. The van der Waals surface area contributed by atoms with E-state index in [1.807, 2.05) is 0 Å². The summed E-state index contributed by atoms with van der Waals surface area (Å²) in [5.41, 5.74) is 1.00. The number of benzene rings is 1. The quantitative estimate of drug-likeness (QED) is 0.831.